The number of halogens is 1. The number of nitrogens with zero attached hydrogens (tertiary/aromatic N) is 1. The van der Waals surface area contributed by atoms with Gasteiger partial charge in [-0.05, 0) is 24.6 Å². The number of benzene rings is 1. The highest BCUT2D eigenvalue weighted by Gasteiger charge is 2.18. The Balaban J connectivity index is 1.80. The summed E-state index contributed by atoms with van der Waals surface area (Å²) in [4.78, 5) is 15.0. The van der Waals surface area contributed by atoms with Gasteiger partial charge in [-0.2, -0.15) is 0 Å². The largest absolute Gasteiger partial charge is 0.492 e. The number of carbonyl (C=O) groups is 1. The first-order chi connectivity index (χ1) is 11.1. The molecule has 1 aliphatic rings. The fourth-order valence-corrected chi connectivity index (χ4v) is 3.22. The minimum absolute atomic E-state index is 0.151. The van der Waals surface area contributed by atoms with Crippen LogP contribution in [-0.4, -0.2) is 35.9 Å². The lowest BCUT2D eigenvalue weighted by Gasteiger charge is -2.13. The highest BCUT2D eigenvalue weighted by atomic mass is 32.1. The van der Waals surface area contributed by atoms with Gasteiger partial charge in [-0.3, -0.25) is 4.79 Å². The molecule has 1 aromatic heterocycles. The third-order valence-corrected chi connectivity index (χ3v) is 4.48. The highest BCUT2D eigenvalue weighted by Crippen LogP contribution is 2.33. The van der Waals surface area contributed by atoms with Crippen LogP contribution in [0.25, 0.3) is 10.6 Å². The summed E-state index contributed by atoms with van der Waals surface area (Å²) in [5, 5.41) is 11.0. The van der Waals surface area contributed by atoms with Crippen LogP contribution in [0.4, 0.5) is 4.39 Å². The summed E-state index contributed by atoms with van der Waals surface area (Å²) in [6, 6.07) is 4.29. The van der Waals surface area contributed by atoms with Crippen LogP contribution in [-0.2, 0) is 16.0 Å². The van der Waals surface area contributed by atoms with Crippen LogP contribution >= 0.6 is 11.3 Å². The first kappa shape index (κ1) is 15.9. The summed E-state index contributed by atoms with van der Waals surface area (Å²) in [5.41, 5.74) is 1.00. The van der Waals surface area contributed by atoms with Crippen molar-refractivity contribution in [3.8, 4) is 16.3 Å². The van der Waals surface area contributed by atoms with Gasteiger partial charge in [0.25, 0.3) is 0 Å². The molecule has 122 valence electrons. The summed E-state index contributed by atoms with van der Waals surface area (Å²) in [5.74, 6) is -0.438. The van der Waals surface area contributed by atoms with E-state index >= 15 is 0 Å². The zero-order valence-corrected chi connectivity index (χ0v) is 13.1. The third kappa shape index (κ3) is 4.05. The van der Waals surface area contributed by atoms with Crippen LogP contribution in [0.2, 0.25) is 0 Å². The normalized spacial score (nSPS) is 17.3. The molecule has 0 amide bonds. The number of thiazole rings is 1. The van der Waals surface area contributed by atoms with Crippen molar-refractivity contribution < 1.29 is 23.8 Å². The van der Waals surface area contributed by atoms with E-state index in [0.717, 1.165) is 13.0 Å². The molecule has 1 unspecified atom stereocenters. The summed E-state index contributed by atoms with van der Waals surface area (Å²) in [7, 11) is 0. The molecule has 1 N–H and O–H groups in total. The number of hydrogen-bond donors (Lipinski definition) is 1. The van der Waals surface area contributed by atoms with E-state index < -0.39 is 5.97 Å². The quantitative estimate of drug-likeness (QED) is 0.877. The molecule has 1 aliphatic heterocycles. The fourth-order valence-electron chi connectivity index (χ4n) is 2.38. The number of aromatic nitrogens is 1. The first-order valence-corrected chi connectivity index (χ1v) is 8.16. The Morgan fingerprint density at radius 1 is 1.52 bits per heavy atom. The van der Waals surface area contributed by atoms with Crippen LogP contribution in [0, 0.1) is 11.7 Å². The lowest BCUT2D eigenvalue weighted by molar-refractivity contribution is -0.136. The third-order valence-electron chi connectivity index (χ3n) is 3.55. The Kier molecular flexibility index (Phi) is 4.88. The van der Waals surface area contributed by atoms with Crippen LogP contribution in [0.1, 0.15) is 12.1 Å². The van der Waals surface area contributed by atoms with E-state index in [4.69, 9.17) is 14.6 Å². The number of aliphatic carboxylic acids is 1. The van der Waals surface area contributed by atoms with Gasteiger partial charge in [0.1, 0.15) is 16.6 Å². The summed E-state index contributed by atoms with van der Waals surface area (Å²) in [6.07, 6.45) is 0.804. The maximum atomic E-state index is 13.6. The zero-order valence-electron chi connectivity index (χ0n) is 12.3. The summed E-state index contributed by atoms with van der Waals surface area (Å²) in [6.45, 7) is 1.93. The average Bonchev–Trinajstić information content (AvgIpc) is 3.17. The molecule has 5 nitrogen and oxygen atoms in total. The minimum atomic E-state index is -0.946. The molecule has 2 aromatic rings. The van der Waals surface area contributed by atoms with Gasteiger partial charge in [-0.1, -0.05) is 0 Å². The molecule has 23 heavy (non-hydrogen) atoms. The number of carboxylic acids is 1. The Morgan fingerprint density at radius 3 is 3.13 bits per heavy atom. The standard InChI is InChI=1S/C16H16FNO4S/c17-11-1-2-14(22-8-10-3-4-21-7-10)13(5-11)16-18-12(9-23-16)6-15(19)20/h1-2,5,9-10H,3-4,6-8H2,(H,19,20). The monoisotopic (exact) mass is 337 g/mol. The van der Waals surface area contributed by atoms with Gasteiger partial charge < -0.3 is 14.6 Å². The van der Waals surface area contributed by atoms with Crippen molar-refractivity contribution in [1.82, 2.24) is 4.98 Å². The molecule has 0 radical (unpaired) electrons. The Bertz CT molecular complexity index is 697. The van der Waals surface area contributed by atoms with Crippen molar-refractivity contribution in [1.29, 1.82) is 0 Å². The summed E-state index contributed by atoms with van der Waals surface area (Å²) >= 11 is 1.28. The number of rotatable bonds is 6. The van der Waals surface area contributed by atoms with Crippen molar-refractivity contribution in [3.63, 3.8) is 0 Å². The fraction of sp³-hybridized carbons (Fsp3) is 0.375. The molecule has 2 heterocycles. The number of ether oxygens (including phenoxy) is 2. The van der Waals surface area contributed by atoms with Crippen molar-refractivity contribution >= 4 is 17.3 Å². The molecule has 0 aliphatic carbocycles. The maximum absolute atomic E-state index is 13.6. The summed E-state index contributed by atoms with van der Waals surface area (Å²) < 4.78 is 24.7. The molecular formula is C16H16FNO4S. The van der Waals surface area contributed by atoms with Crippen LogP contribution in [0.5, 0.6) is 5.75 Å². The molecule has 1 saturated heterocycles. The van der Waals surface area contributed by atoms with Crippen LogP contribution in [0.15, 0.2) is 23.6 Å². The van der Waals surface area contributed by atoms with Gasteiger partial charge in [0.2, 0.25) is 0 Å². The lowest BCUT2D eigenvalue weighted by Crippen LogP contribution is -2.12. The second-order valence-electron chi connectivity index (χ2n) is 5.40. The van der Waals surface area contributed by atoms with Gasteiger partial charge in [-0.15, -0.1) is 11.3 Å². The minimum Gasteiger partial charge on any atom is -0.492 e. The van der Waals surface area contributed by atoms with E-state index in [2.05, 4.69) is 4.98 Å². The molecule has 0 bridgehead atoms. The zero-order chi connectivity index (χ0) is 16.2. The molecule has 1 aromatic carbocycles. The molecule has 0 saturated carbocycles. The van der Waals surface area contributed by atoms with Gasteiger partial charge in [0.15, 0.2) is 0 Å². The van der Waals surface area contributed by atoms with Crippen molar-refractivity contribution in [3.05, 3.63) is 35.1 Å². The van der Waals surface area contributed by atoms with E-state index in [1.54, 1.807) is 11.4 Å². The van der Waals surface area contributed by atoms with E-state index in [-0.39, 0.29) is 12.2 Å². The molecule has 0 spiro atoms. The Labute approximate surface area is 136 Å². The lowest BCUT2D eigenvalue weighted by atomic mass is 10.1. The van der Waals surface area contributed by atoms with Crippen molar-refractivity contribution in [2.75, 3.05) is 19.8 Å². The average molecular weight is 337 g/mol. The molecule has 1 fully saturated rings. The first-order valence-electron chi connectivity index (χ1n) is 7.28. The molecular weight excluding hydrogens is 321 g/mol. The smallest absolute Gasteiger partial charge is 0.309 e. The van der Waals surface area contributed by atoms with E-state index in [9.17, 15) is 9.18 Å². The predicted octanol–water partition coefficient (Wildman–Crippen LogP) is 2.99. The van der Waals surface area contributed by atoms with Crippen LogP contribution in [0.3, 0.4) is 0 Å². The van der Waals surface area contributed by atoms with Gasteiger partial charge >= 0.3 is 5.97 Å². The second kappa shape index (κ2) is 7.06. The van der Waals surface area contributed by atoms with Gasteiger partial charge in [0, 0.05) is 17.9 Å². The highest BCUT2D eigenvalue weighted by molar-refractivity contribution is 7.13. The topological polar surface area (TPSA) is 68.7 Å². The predicted molar refractivity (Wildman–Crippen MR) is 83.3 cm³/mol. The van der Waals surface area contributed by atoms with E-state index in [1.165, 1.54) is 23.5 Å². The van der Waals surface area contributed by atoms with Crippen molar-refractivity contribution in [2.45, 2.75) is 12.8 Å². The SMILES string of the molecule is O=C(O)Cc1csc(-c2cc(F)ccc2OCC2CCOC2)n1. The molecule has 1 atom stereocenters. The molecule has 3 rings (SSSR count). The van der Waals surface area contributed by atoms with E-state index in [0.29, 0.717) is 41.1 Å². The second-order valence-corrected chi connectivity index (χ2v) is 6.25. The van der Waals surface area contributed by atoms with Crippen LogP contribution < -0.4 is 4.74 Å². The van der Waals surface area contributed by atoms with Gasteiger partial charge in [-0.25, -0.2) is 9.37 Å². The van der Waals surface area contributed by atoms with E-state index in [1.807, 2.05) is 0 Å². The number of carboxylic acid groups (broad SMARTS) is 1. The maximum Gasteiger partial charge on any atom is 0.309 e. The Morgan fingerprint density at radius 2 is 2.39 bits per heavy atom. The molecule has 7 heteroatoms. The van der Waals surface area contributed by atoms with Gasteiger partial charge in [0.05, 0.1) is 30.9 Å². The Hall–Kier alpha value is -1.99. The number of hydrogen-bond acceptors (Lipinski definition) is 5. The van der Waals surface area contributed by atoms with Crippen molar-refractivity contribution in [2.24, 2.45) is 5.92 Å².